The largest absolute Gasteiger partial charge is 0.426 e. The van der Waals surface area contributed by atoms with E-state index < -0.39 is 0 Å². The summed E-state index contributed by atoms with van der Waals surface area (Å²) in [5, 5.41) is 2.34. The Balaban J connectivity index is 1.62. The molecule has 0 fully saturated rings. The molecule has 2 nitrogen and oxygen atoms in total. The zero-order chi connectivity index (χ0) is 19.1. The summed E-state index contributed by atoms with van der Waals surface area (Å²) in [6.45, 7) is 2.10. The van der Waals surface area contributed by atoms with E-state index in [9.17, 15) is 4.79 Å². The Labute approximate surface area is 164 Å². The molecule has 1 aliphatic rings. The van der Waals surface area contributed by atoms with Gasteiger partial charge in [-0.1, -0.05) is 84.4 Å². The Morgan fingerprint density at radius 2 is 1.57 bits per heavy atom. The summed E-state index contributed by atoms with van der Waals surface area (Å²) >= 11 is 0. The zero-order valence-electron chi connectivity index (χ0n) is 15.7. The minimum atomic E-state index is -0.170. The number of carbonyl (C=O) groups excluding carboxylic acids is 1. The number of aryl methyl sites for hydroxylation is 1. The molecule has 0 amide bonds. The molecule has 0 N–H and O–H groups in total. The van der Waals surface area contributed by atoms with Crippen LogP contribution in [0.5, 0.6) is 5.75 Å². The van der Waals surface area contributed by atoms with Gasteiger partial charge >= 0.3 is 5.97 Å². The Hall–Kier alpha value is -3.39. The lowest BCUT2D eigenvalue weighted by Gasteiger charge is -2.26. The van der Waals surface area contributed by atoms with Gasteiger partial charge in [0.1, 0.15) is 5.75 Å². The summed E-state index contributed by atoms with van der Waals surface area (Å²) in [5.41, 5.74) is 5.86. The number of hydrogen-bond acceptors (Lipinski definition) is 2. The second-order valence-corrected chi connectivity index (χ2v) is 7.42. The van der Waals surface area contributed by atoms with Crippen molar-refractivity contribution in [3.05, 3.63) is 102 Å². The second-order valence-electron chi connectivity index (χ2n) is 7.42. The van der Waals surface area contributed by atoms with Gasteiger partial charge in [-0.25, -0.2) is 0 Å². The average molecular weight is 364 g/mol. The SMILES string of the molecule is Cc1ccc2c3c(ccc2c1)OC(=O)CC3c1ccc(-c2ccccc2)cc1. The van der Waals surface area contributed by atoms with Gasteiger partial charge in [-0.05, 0) is 40.5 Å². The summed E-state index contributed by atoms with van der Waals surface area (Å²) < 4.78 is 5.58. The van der Waals surface area contributed by atoms with E-state index in [0.29, 0.717) is 12.2 Å². The van der Waals surface area contributed by atoms with Crippen LogP contribution in [0.3, 0.4) is 0 Å². The lowest BCUT2D eigenvalue weighted by atomic mass is 9.83. The molecular formula is C26H20O2. The first-order valence-corrected chi connectivity index (χ1v) is 9.58. The molecule has 4 aromatic carbocycles. The van der Waals surface area contributed by atoms with Crippen LogP contribution >= 0.6 is 0 Å². The van der Waals surface area contributed by atoms with E-state index in [1.54, 1.807) is 0 Å². The first kappa shape index (κ1) is 16.8. The van der Waals surface area contributed by atoms with E-state index in [-0.39, 0.29) is 11.9 Å². The highest BCUT2D eigenvalue weighted by Crippen LogP contribution is 2.43. The first-order valence-electron chi connectivity index (χ1n) is 9.58. The Morgan fingerprint density at radius 1 is 0.821 bits per heavy atom. The Morgan fingerprint density at radius 3 is 2.36 bits per heavy atom. The Bertz CT molecular complexity index is 1170. The molecule has 28 heavy (non-hydrogen) atoms. The molecule has 1 atom stereocenters. The summed E-state index contributed by atoms with van der Waals surface area (Å²) in [6, 6.07) is 29.3. The maximum absolute atomic E-state index is 12.3. The van der Waals surface area contributed by atoms with Gasteiger partial charge in [-0.2, -0.15) is 0 Å². The lowest BCUT2D eigenvalue weighted by molar-refractivity contribution is -0.135. The third-order valence-corrected chi connectivity index (χ3v) is 5.54. The molecule has 2 heteroatoms. The molecule has 0 spiro atoms. The predicted molar refractivity (Wildman–Crippen MR) is 113 cm³/mol. The smallest absolute Gasteiger partial charge is 0.312 e. The van der Waals surface area contributed by atoms with Crippen LogP contribution in [-0.4, -0.2) is 5.97 Å². The summed E-state index contributed by atoms with van der Waals surface area (Å²) in [7, 11) is 0. The van der Waals surface area contributed by atoms with Crippen molar-refractivity contribution in [3.8, 4) is 16.9 Å². The fraction of sp³-hybridized carbons (Fsp3) is 0.115. The molecule has 1 unspecified atom stereocenters. The third-order valence-electron chi connectivity index (χ3n) is 5.54. The van der Waals surface area contributed by atoms with Crippen molar-refractivity contribution >= 4 is 16.7 Å². The van der Waals surface area contributed by atoms with Crippen LogP contribution in [0.1, 0.15) is 29.0 Å². The standard InChI is InChI=1S/C26H20O2/c1-17-7-13-22-21(15-17)12-14-24-26(22)23(16-25(27)28-24)20-10-8-19(9-11-20)18-5-3-2-4-6-18/h2-15,23H,16H2,1H3. The maximum atomic E-state index is 12.3. The highest BCUT2D eigenvalue weighted by atomic mass is 16.5. The lowest BCUT2D eigenvalue weighted by Crippen LogP contribution is -2.21. The molecule has 0 bridgehead atoms. The second kappa shape index (κ2) is 6.65. The van der Waals surface area contributed by atoms with Crippen LogP contribution in [-0.2, 0) is 4.79 Å². The molecule has 5 rings (SSSR count). The number of ether oxygens (including phenoxy) is 1. The van der Waals surface area contributed by atoms with Crippen molar-refractivity contribution in [2.45, 2.75) is 19.3 Å². The molecule has 1 heterocycles. The van der Waals surface area contributed by atoms with Crippen LogP contribution in [0.2, 0.25) is 0 Å². The number of rotatable bonds is 2. The van der Waals surface area contributed by atoms with Crippen molar-refractivity contribution in [1.29, 1.82) is 0 Å². The highest BCUT2D eigenvalue weighted by molar-refractivity contribution is 5.92. The third kappa shape index (κ3) is 2.87. The Kier molecular flexibility index (Phi) is 3.98. The number of carbonyl (C=O) groups is 1. The quantitative estimate of drug-likeness (QED) is 0.310. The monoisotopic (exact) mass is 364 g/mol. The van der Waals surface area contributed by atoms with E-state index in [1.165, 1.54) is 22.1 Å². The molecular weight excluding hydrogens is 344 g/mol. The fourth-order valence-electron chi connectivity index (χ4n) is 4.16. The van der Waals surface area contributed by atoms with Gasteiger partial charge in [0, 0.05) is 11.5 Å². The number of esters is 1. The summed E-state index contributed by atoms with van der Waals surface area (Å²) in [6.07, 6.45) is 0.366. The summed E-state index contributed by atoms with van der Waals surface area (Å²) in [4.78, 5) is 12.3. The minimum absolute atomic E-state index is 0.00693. The van der Waals surface area contributed by atoms with E-state index in [2.05, 4.69) is 61.5 Å². The van der Waals surface area contributed by atoms with E-state index in [0.717, 1.165) is 16.5 Å². The van der Waals surface area contributed by atoms with Gasteiger partial charge in [-0.15, -0.1) is 0 Å². The van der Waals surface area contributed by atoms with Crippen LogP contribution in [0.25, 0.3) is 21.9 Å². The van der Waals surface area contributed by atoms with Crippen molar-refractivity contribution < 1.29 is 9.53 Å². The van der Waals surface area contributed by atoms with Crippen LogP contribution in [0, 0.1) is 6.92 Å². The predicted octanol–water partition coefficient (Wildman–Crippen LogP) is 6.26. The van der Waals surface area contributed by atoms with Crippen molar-refractivity contribution in [2.75, 3.05) is 0 Å². The van der Waals surface area contributed by atoms with Crippen LogP contribution < -0.4 is 4.74 Å². The molecule has 136 valence electrons. The van der Waals surface area contributed by atoms with Crippen molar-refractivity contribution in [1.82, 2.24) is 0 Å². The topological polar surface area (TPSA) is 26.3 Å². The highest BCUT2D eigenvalue weighted by Gasteiger charge is 2.30. The zero-order valence-corrected chi connectivity index (χ0v) is 15.7. The van der Waals surface area contributed by atoms with Gasteiger partial charge in [0.2, 0.25) is 0 Å². The molecule has 0 saturated heterocycles. The van der Waals surface area contributed by atoms with Gasteiger partial charge in [0.25, 0.3) is 0 Å². The average Bonchev–Trinajstić information content (AvgIpc) is 2.73. The molecule has 0 saturated carbocycles. The number of hydrogen-bond donors (Lipinski definition) is 0. The van der Waals surface area contributed by atoms with E-state index in [1.807, 2.05) is 30.3 Å². The van der Waals surface area contributed by atoms with Gasteiger partial charge in [0.05, 0.1) is 6.42 Å². The van der Waals surface area contributed by atoms with Crippen molar-refractivity contribution in [3.63, 3.8) is 0 Å². The van der Waals surface area contributed by atoms with E-state index in [4.69, 9.17) is 4.74 Å². The molecule has 0 radical (unpaired) electrons. The first-order chi connectivity index (χ1) is 13.7. The number of fused-ring (bicyclic) bond motifs is 3. The number of benzene rings is 4. The van der Waals surface area contributed by atoms with Crippen LogP contribution in [0.4, 0.5) is 0 Å². The normalized spacial score (nSPS) is 15.9. The van der Waals surface area contributed by atoms with Gasteiger partial charge in [-0.3, -0.25) is 4.79 Å². The van der Waals surface area contributed by atoms with Gasteiger partial charge in [0.15, 0.2) is 0 Å². The molecule has 0 aliphatic carbocycles. The van der Waals surface area contributed by atoms with Crippen LogP contribution in [0.15, 0.2) is 84.9 Å². The van der Waals surface area contributed by atoms with E-state index >= 15 is 0 Å². The minimum Gasteiger partial charge on any atom is -0.426 e. The molecule has 1 aliphatic heterocycles. The molecule has 0 aromatic heterocycles. The molecule has 4 aromatic rings. The fourth-order valence-corrected chi connectivity index (χ4v) is 4.16. The van der Waals surface area contributed by atoms with Gasteiger partial charge < -0.3 is 4.74 Å². The maximum Gasteiger partial charge on any atom is 0.312 e. The van der Waals surface area contributed by atoms with Crippen molar-refractivity contribution in [2.24, 2.45) is 0 Å². The summed E-state index contributed by atoms with van der Waals surface area (Å²) in [5.74, 6) is 0.522.